The van der Waals surface area contributed by atoms with Gasteiger partial charge >= 0.3 is 0 Å². The number of alkyl halides is 2. The molecule has 1 aromatic heterocycles. The second-order valence-electron chi connectivity index (χ2n) is 5.50. The van der Waals surface area contributed by atoms with Gasteiger partial charge in [-0.05, 0) is 29.8 Å². The number of benzene rings is 2. The number of halogens is 4. The van der Waals surface area contributed by atoms with E-state index in [0.717, 1.165) is 18.4 Å². The fraction of sp³-hybridized carbons (Fsp3) is 0.118. The van der Waals surface area contributed by atoms with Gasteiger partial charge in [-0.25, -0.2) is 21.6 Å². The van der Waals surface area contributed by atoms with Crippen molar-refractivity contribution >= 4 is 21.4 Å². The predicted molar refractivity (Wildman–Crippen MR) is 90.4 cm³/mol. The lowest BCUT2D eigenvalue weighted by Crippen LogP contribution is -2.01. The standard InChI is InChI=1S/C17H11ClF3NO3S/c1-26(23,24)13-6-5-9(8-12(13)19)14-15(22-25-16(14)17(20)21)10-3-2-4-11(18)7-10/h2-8,17H,1H3. The van der Waals surface area contributed by atoms with Crippen LogP contribution in [0.2, 0.25) is 5.02 Å². The third-order valence-electron chi connectivity index (χ3n) is 3.63. The molecule has 0 radical (unpaired) electrons. The molecule has 0 unspecified atom stereocenters. The second kappa shape index (κ2) is 6.77. The summed E-state index contributed by atoms with van der Waals surface area (Å²) in [6.07, 6.45) is -2.14. The molecular formula is C17H11ClF3NO3S. The first-order valence-corrected chi connectivity index (χ1v) is 9.49. The molecule has 0 bridgehead atoms. The summed E-state index contributed by atoms with van der Waals surface area (Å²) in [6.45, 7) is 0. The zero-order chi connectivity index (χ0) is 19.1. The molecule has 1 heterocycles. The first kappa shape index (κ1) is 18.5. The van der Waals surface area contributed by atoms with Crippen LogP contribution in [-0.4, -0.2) is 19.8 Å². The number of hydrogen-bond acceptors (Lipinski definition) is 4. The van der Waals surface area contributed by atoms with E-state index in [4.69, 9.17) is 16.1 Å². The van der Waals surface area contributed by atoms with E-state index in [1.165, 1.54) is 12.1 Å². The van der Waals surface area contributed by atoms with Crippen LogP contribution in [0.3, 0.4) is 0 Å². The summed E-state index contributed by atoms with van der Waals surface area (Å²) in [4.78, 5) is -0.527. The van der Waals surface area contributed by atoms with Crippen LogP contribution < -0.4 is 0 Å². The van der Waals surface area contributed by atoms with Gasteiger partial charge in [0.1, 0.15) is 16.4 Å². The smallest absolute Gasteiger partial charge is 0.298 e. The summed E-state index contributed by atoms with van der Waals surface area (Å²) in [5, 5.41) is 4.03. The van der Waals surface area contributed by atoms with Gasteiger partial charge in [0.2, 0.25) is 5.76 Å². The first-order chi connectivity index (χ1) is 12.2. The van der Waals surface area contributed by atoms with Gasteiger partial charge in [-0.2, -0.15) is 0 Å². The van der Waals surface area contributed by atoms with Crippen molar-refractivity contribution in [2.45, 2.75) is 11.3 Å². The third kappa shape index (κ3) is 3.47. The molecule has 0 saturated carbocycles. The molecular weight excluding hydrogens is 391 g/mol. The molecule has 0 N–H and O–H groups in total. The van der Waals surface area contributed by atoms with Crippen LogP contribution in [0.25, 0.3) is 22.4 Å². The van der Waals surface area contributed by atoms with E-state index in [9.17, 15) is 21.6 Å². The molecule has 2 aromatic carbocycles. The molecule has 0 atom stereocenters. The Labute approximate surface area is 152 Å². The Kier molecular flexibility index (Phi) is 4.81. The zero-order valence-corrected chi connectivity index (χ0v) is 14.8. The molecule has 136 valence electrons. The Morgan fingerprint density at radius 2 is 1.85 bits per heavy atom. The van der Waals surface area contributed by atoms with Crippen LogP contribution in [0.1, 0.15) is 12.2 Å². The molecule has 3 aromatic rings. The molecule has 0 saturated heterocycles. The Balaban J connectivity index is 2.24. The molecule has 0 spiro atoms. The maximum Gasteiger partial charge on any atom is 0.298 e. The second-order valence-corrected chi connectivity index (χ2v) is 7.92. The van der Waals surface area contributed by atoms with Gasteiger partial charge in [0, 0.05) is 16.8 Å². The van der Waals surface area contributed by atoms with Gasteiger partial charge in [0.15, 0.2) is 9.84 Å². The van der Waals surface area contributed by atoms with Crippen molar-refractivity contribution < 1.29 is 26.1 Å². The minimum atomic E-state index is -3.79. The minimum Gasteiger partial charge on any atom is -0.354 e. The Morgan fingerprint density at radius 3 is 2.42 bits per heavy atom. The van der Waals surface area contributed by atoms with Crippen LogP contribution in [0.5, 0.6) is 0 Å². The SMILES string of the molecule is CS(=O)(=O)c1ccc(-c2c(-c3cccc(Cl)c3)noc2C(F)F)cc1F. The van der Waals surface area contributed by atoms with Crippen LogP contribution in [0.15, 0.2) is 51.9 Å². The molecule has 3 rings (SSSR count). The molecule has 0 fully saturated rings. The first-order valence-electron chi connectivity index (χ1n) is 7.22. The lowest BCUT2D eigenvalue weighted by atomic mass is 9.99. The van der Waals surface area contributed by atoms with Crippen LogP contribution >= 0.6 is 11.6 Å². The van der Waals surface area contributed by atoms with Gasteiger partial charge in [0.05, 0.1) is 5.56 Å². The monoisotopic (exact) mass is 401 g/mol. The van der Waals surface area contributed by atoms with E-state index in [2.05, 4.69) is 5.16 Å². The van der Waals surface area contributed by atoms with Crippen molar-refractivity contribution in [2.24, 2.45) is 0 Å². The highest BCUT2D eigenvalue weighted by molar-refractivity contribution is 7.90. The molecule has 9 heteroatoms. The van der Waals surface area contributed by atoms with Crippen molar-refractivity contribution in [1.82, 2.24) is 5.16 Å². The third-order valence-corrected chi connectivity index (χ3v) is 5.00. The molecule has 0 aliphatic heterocycles. The van der Waals surface area contributed by atoms with Crippen molar-refractivity contribution in [2.75, 3.05) is 6.26 Å². The molecule has 0 aliphatic carbocycles. The van der Waals surface area contributed by atoms with E-state index in [0.29, 0.717) is 10.6 Å². The normalized spacial score (nSPS) is 11.9. The van der Waals surface area contributed by atoms with Gasteiger partial charge < -0.3 is 4.52 Å². The summed E-state index contributed by atoms with van der Waals surface area (Å²) in [5.74, 6) is -1.80. The molecule has 0 amide bonds. The van der Waals surface area contributed by atoms with E-state index >= 15 is 0 Å². The van der Waals surface area contributed by atoms with Crippen LogP contribution in [0.4, 0.5) is 13.2 Å². The molecule has 26 heavy (non-hydrogen) atoms. The van der Waals surface area contributed by atoms with Crippen molar-refractivity contribution in [1.29, 1.82) is 0 Å². The highest BCUT2D eigenvalue weighted by atomic mass is 35.5. The lowest BCUT2D eigenvalue weighted by molar-refractivity contribution is 0.113. The highest BCUT2D eigenvalue weighted by Crippen LogP contribution is 2.40. The summed E-state index contributed by atoms with van der Waals surface area (Å²) < 4.78 is 68.8. The summed E-state index contributed by atoms with van der Waals surface area (Å²) >= 11 is 5.93. The summed E-state index contributed by atoms with van der Waals surface area (Å²) in [7, 11) is -3.79. The predicted octanol–water partition coefficient (Wildman–Crippen LogP) is 5.14. The lowest BCUT2D eigenvalue weighted by Gasteiger charge is -2.07. The maximum atomic E-state index is 14.2. The number of rotatable bonds is 4. The highest BCUT2D eigenvalue weighted by Gasteiger charge is 2.27. The number of aromatic nitrogens is 1. The fourth-order valence-electron chi connectivity index (χ4n) is 2.52. The number of sulfone groups is 1. The van der Waals surface area contributed by atoms with Crippen molar-refractivity contribution in [3.8, 4) is 22.4 Å². The van der Waals surface area contributed by atoms with Gasteiger partial charge in [-0.1, -0.05) is 35.0 Å². The number of nitrogens with zero attached hydrogens (tertiary/aromatic N) is 1. The average molecular weight is 402 g/mol. The van der Waals surface area contributed by atoms with Gasteiger partial charge in [-0.15, -0.1) is 0 Å². The Bertz CT molecular complexity index is 1080. The van der Waals surface area contributed by atoms with E-state index in [1.807, 2.05) is 0 Å². The van der Waals surface area contributed by atoms with Crippen molar-refractivity contribution in [3.05, 3.63) is 59.1 Å². The summed E-state index contributed by atoms with van der Waals surface area (Å²) in [6, 6.07) is 9.40. The van der Waals surface area contributed by atoms with Crippen LogP contribution in [0, 0.1) is 5.82 Å². The van der Waals surface area contributed by atoms with E-state index < -0.39 is 32.7 Å². The van der Waals surface area contributed by atoms with Gasteiger partial charge in [0.25, 0.3) is 6.43 Å². The van der Waals surface area contributed by atoms with Crippen molar-refractivity contribution in [3.63, 3.8) is 0 Å². The maximum absolute atomic E-state index is 14.2. The fourth-order valence-corrected chi connectivity index (χ4v) is 3.44. The molecule has 0 aliphatic rings. The average Bonchev–Trinajstić information content (AvgIpc) is 2.98. The summed E-state index contributed by atoms with van der Waals surface area (Å²) in [5.41, 5.74) is 0.340. The largest absolute Gasteiger partial charge is 0.354 e. The zero-order valence-electron chi connectivity index (χ0n) is 13.2. The number of hydrogen-bond donors (Lipinski definition) is 0. The van der Waals surface area contributed by atoms with Gasteiger partial charge in [-0.3, -0.25) is 0 Å². The molecule has 4 nitrogen and oxygen atoms in total. The minimum absolute atomic E-state index is 0.0152. The van der Waals surface area contributed by atoms with E-state index in [1.54, 1.807) is 18.2 Å². The Hall–Kier alpha value is -2.32. The topological polar surface area (TPSA) is 60.2 Å². The quantitative estimate of drug-likeness (QED) is 0.607. The Morgan fingerprint density at radius 1 is 1.12 bits per heavy atom. The van der Waals surface area contributed by atoms with E-state index in [-0.39, 0.29) is 16.8 Å². The van der Waals surface area contributed by atoms with Crippen LogP contribution in [-0.2, 0) is 9.84 Å².